The van der Waals surface area contributed by atoms with Gasteiger partial charge >= 0.3 is 6.03 Å². The van der Waals surface area contributed by atoms with E-state index in [-0.39, 0.29) is 12.6 Å². The number of carbonyl (C=O) groups is 1. The number of hydrogen-bond acceptors (Lipinski definition) is 3. The van der Waals surface area contributed by atoms with Gasteiger partial charge in [-0.15, -0.1) is 0 Å². The zero-order valence-electron chi connectivity index (χ0n) is 12.9. The number of aliphatic hydroxyl groups excluding tert-OH is 1. The molecule has 0 aliphatic carbocycles. The van der Waals surface area contributed by atoms with Crippen molar-refractivity contribution in [1.29, 1.82) is 0 Å². The maximum Gasteiger partial charge on any atom is 0.319 e. The average Bonchev–Trinajstić information content (AvgIpc) is 3.02. The van der Waals surface area contributed by atoms with Crippen LogP contribution in [0.5, 0.6) is 0 Å². The second-order valence-electron chi connectivity index (χ2n) is 5.43. The molecule has 0 aliphatic rings. The number of anilines is 1. The molecule has 0 spiro atoms. The number of para-hydroxylation sites is 2. The van der Waals surface area contributed by atoms with Gasteiger partial charge in [-0.3, -0.25) is 0 Å². The number of nitrogens with one attached hydrogen (secondary N) is 2. The van der Waals surface area contributed by atoms with Crippen LogP contribution in [0.3, 0.4) is 0 Å². The summed E-state index contributed by atoms with van der Waals surface area (Å²) in [6, 6.07) is 8.99. The van der Waals surface area contributed by atoms with Crippen LogP contribution in [0.1, 0.15) is 26.7 Å². The molecule has 2 aromatic rings. The largest absolute Gasteiger partial charge is 0.396 e. The third kappa shape index (κ3) is 3.85. The smallest absolute Gasteiger partial charge is 0.319 e. The van der Waals surface area contributed by atoms with Crippen molar-refractivity contribution >= 4 is 11.7 Å². The van der Waals surface area contributed by atoms with Crippen LogP contribution in [0.15, 0.2) is 42.7 Å². The standard InChI is InChI=1S/C16H22N4O2/c1-3-16(2,9-12-21)19-15(22)18-13-7-4-5-8-14(13)20-11-6-10-17-20/h4-8,10-11,21H,3,9,12H2,1-2H3,(H2,18,19,22). The van der Waals surface area contributed by atoms with Crippen molar-refractivity contribution in [3.05, 3.63) is 42.7 Å². The van der Waals surface area contributed by atoms with Gasteiger partial charge in [-0.2, -0.15) is 5.10 Å². The highest BCUT2D eigenvalue weighted by Crippen LogP contribution is 2.20. The minimum Gasteiger partial charge on any atom is -0.396 e. The molecule has 0 saturated heterocycles. The number of carbonyl (C=O) groups excluding carboxylic acids is 1. The Kier molecular flexibility index (Phi) is 5.16. The number of aromatic nitrogens is 2. The van der Waals surface area contributed by atoms with E-state index >= 15 is 0 Å². The van der Waals surface area contributed by atoms with Crippen LogP contribution in [0, 0.1) is 0 Å². The van der Waals surface area contributed by atoms with Crippen molar-refractivity contribution in [2.24, 2.45) is 0 Å². The highest BCUT2D eigenvalue weighted by atomic mass is 16.3. The molecular weight excluding hydrogens is 280 g/mol. The minimum absolute atomic E-state index is 0.0362. The van der Waals surface area contributed by atoms with Gasteiger partial charge < -0.3 is 15.7 Å². The van der Waals surface area contributed by atoms with Gasteiger partial charge in [0.2, 0.25) is 0 Å². The molecule has 1 aromatic carbocycles. The van der Waals surface area contributed by atoms with Crippen molar-refractivity contribution in [2.45, 2.75) is 32.2 Å². The van der Waals surface area contributed by atoms with Gasteiger partial charge in [0.1, 0.15) is 0 Å². The van der Waals surface area contributed by atoms with E-state index in [0.717, 1.165) is 12.1 Å². The van der Waals surface area contributed by atoms with E-state index in [1.165, 1.54) is 0 Å². The molecule has 3 N–H and O–H groups in total. The lowest BCUT2D eigenvalue weighted by Crippen LogP contribution is -2.48. The van der Waals surface area contributed by atoms with E-state index in [1.807, 2.05) is 50.4 Å². The van der Waals surface area contributed by atoms with Gasteiger partial charge in [0.15, 0.2) is 0 Å². The topological polar surface area (TPSA) is 79.2 Å². The van der Waals surface area contributed by atoms with Gasteiger partial charge in [-0.05, 0) is 38.0 Å². The Morgan fingerprint density at radius 3 is 2.77 bits per heavy atom. The molecule has 1 heterocycles. The Hall–Kier alpha value is -2.34. The highest BCUT2D eigenvalue weighted by molar-refractivity contribution is 5.91. The quantitative estimate of drug-likeness (QED) is 0.767. The van der Waals surface area contributed by atoms with Crippen LogP contribution in [-0.4, -0.2) is 33.1 Å². The SMILES string of the molecule is CCC(C)(CCO)NC(=O)Nc1ccccc1-n1cccn1. The molecule has 1 unspecified atom stereocenters. The third-order valence-corrected chi connectivity index (χ3v) is 3.76. The summed E-state index contributed by atoms with van der Waals surface area (Å²) in [5.41, 5.74) is 1.04. The fourth-order valence-corrected chi connectivity index (χ4v) is 2.19. The number of benzene rings is 1. The Labute approximate surface area is 130 Å². The first-order chi connectivity index (χ1) is 10.6. The number of rotatable bonds is 6. The van der Waals surface area contributed by atoms with Crippen LogP contribution >= 0.6 is 0 Å². The van der Waals surface area contributed by atoms with Gasteiger partial charge in [-0.1, -0.05) is 19.1 Å². The molecule has 1 atom stereocenters. The molecule has 6 nitrogen and oxygen atoms in total. The van der Waals surface area contributed by atoms with Crippen LogP contribution in [-0.2, 0) is 0 Å². The first-order valence-corrected chi connectivity index (χ1v) is 7.37. The fourth-order valence-electron chi connectivity index (χ4n) is 2.19. The molecule has 0 saturated carbocycles. The first-order valence-electron chi connectivity index (χ1n) is 7.37. The lowest BCUT2D eigenvalue weighted by atomic mass is 9.95. The van der Waals surface area contributed by atoms with E-state index in [9.17, 15) is 4.79 Å². The normalized spacial score (nSPS) is 13.4. The summed E-state index contributed by atoms with van der Waals surface area (Å²) in [7, 11) is 0. The monoisotopic (exact) mass is 302 g/mol. The lowest BCUT2D eigenvalue weighted by Gasteiger charge is -2.29. The Morgan fingerprint density at radius 2 is 2.14 bits per heavy atom. The maximum atomic E-state index is 12.3. The summed E-state index contributed by atoms with van der Waals surface area (Å²) in [6.45, 7) is 3.93. The van der Waals surface area contributed by atoms with Crippen LogP contribution in [0.2, 0.25) is 0 Å². The molecule has 0 radical (unpaired) electrons. The maximum absolute atomic E-state index is 12.3. The van der Waals surface area contributed by atoms with Gasteiger partial charge in [0, 0.05) is 24.5 Å². The van der Waals surface area contributed by atoms with E-state index < -0.39 is 5.54 Å². The fraction of sp³-hybridized carbons (Fsp3) is 0.375. The molecule has 0 bridgehead atoms. The molecule has 22 heavy (non-hydrogen) atoms. The van der Waals surface area contributed by atoms with Gasteiger partial charge in [0.25, 0.3) is 0 Å². The number of amides is 2. The molecule has 6 heteroatoms. The van der Waals surface area contributed by atoms with Gasteiger partial charge in [0.05, 0.1) is 11.4 Å². The molecule has 2 amide bonds. The Morgan fingerprint density at radius 1 is 1.36 bits per heavy atom. The average molecular weight is 302 g/mol. The van der Waals surface area contributed by atoms with Crippen molar-refractivity contribution in [3.8, 4) is 5.69 Å². The molecule has 2 rings (SSSR count). The highest BCUT2D eigenvalue weighted by Gasteiger charge is 2.23. The molecule has 1 aromatic heterocycles. The lowest BCUT2D eigenvalue weighted by molar-refractivity contribution is 0.208. The second-order valence-corrected chi connectivity index (χ2v) is 5.43. The summed E-state index contributed by atoms with van der Waals surface area (Å²) in [5, 5.41) is 19.1. The molecule has 0 aliphatic heterocycles. The predicted molar refractivity (Wildman–Crippen MR) is 86.1 cm³/mol. The number of nitrogens with zero attached hydrogens (tertiary/aromatic N) is 2. The van der Waals surface area contributed by atoms with Crippen LogP contribution in [0.4, 0.5) is 10.5 Å². The third-order valence-electron chi connectivity index (χ3n) is 3.76. The van der Waals surface area contributed by atoms with E-state index in [1.54, 1.807) is 10.9 Å². The zero-order chi connectivity index (χ0) is 16.0. The Bertz CT molecular complexity index is 612. The summed E-state index contributed by atoms with van der Waals surface area (Å²) in [6.07, 6.45) is 4.76. The van der Waals surface area contributed by atoms with Gasteiger partial charge in [-0.25, -0.2) is 9.48 Å². The molecule has 118 valence electrons. The number of aliphatic hydroxyl groups is 1. The summed E-state index contributed by atoms with van der Waals surface area (Å²) in [5.74, 6) is 0. The summed E-state index contributed by atoms with van der Waals surface area (Å²) in [4.78, 5) is 12.3. The summed E-state index contributed by atoms with van der Waals surface area (Å²) < 4.78 is 1.70. The molecular formula is C16H22N4O2. The minimum atomic E-state index is -0.431. The van der Waals surface area contributed by atoms with E-state index in [0.29, 0.717) is 12.1 Å². The Balaban J connectivity index is 2.13. The first kappa shape index (κ1) is 16.0. The van der Waals surface area contributed by atoms with E-state index in [4.69, 9.17) is 5.11 Å². The van der Waals surface area contributed by atoms with Crippen LogP contribution in [0.25, 0.3) is 5.69 Å². The number of urea groups is 1. The van der Waals surface area contributed by atoms with Crippen molar-refractivity contribution in [1.82, 2.24) is 15.1 Å². The zero-order valence-corrected chi connectivity index (χ0v) is 12.9. The molecule has 0 fully saturated rings. The van der Waals surface area contributed by atoms with Crippen LogP contribution < -0.4 is 10.6 Å². The summed E-state index contributed by atoms with van der Waals surface area (Å²) >= 11 is 0. The van der Waals surface area contributed by atoms with E-state index in [2.05, 4.69) is 15.7 Å². The van der Waals surface area contributed by atoms with Crippen molar-refractivity contribution in [2.75, 3.05) is 11.9 Å². The van der Waals surface area contributed by atoms with Crippen molar-refractivity contribution in [3.63, 3.8) is 0 Å². The second kappa shape index (κ2) is 7.09. The number of hydrogen-bond donors (Lipinski definition) is 3. The predicted octanol–water partition coefficient (Wildman–Crippen LogP) is 2.54. The van der Waals surface area contributed by atoms with Crippen molar-refractivity contribution < 1.29 is 9.90 Å².